The Balaban J connectivity index is 2.56. The molecule has 1 aliphatic carbocycles. The molecule has 0 heterocycles. The molecular formula is C15H32N2O. The van der Waals surface area contributed by atoms with Crippen molar-refractivity contribution < 1.29 is 4.74 Å². The van der Waals surface area contributed by atoms with Crippen LogP contribution in [0.25, 0.3) is 0 Å². The summed E-state index contributed by atoms with van der Waals surface area (Å²) in [4.78, 5) is 0. The largest absolute Gasteiger partial charge is 0.374 e. The van der Waals surface area contributed by atoms with Crippen molar-refractivity contribution in [3.05, 3.63) is 0 Å². The van der Waals surface area contributed by atoms with Gasteiger partial charge in [-0.15, -0.1) is 0 Å². The van der Waals surface area contributed by atoms with Crippen LogP contribution < -0.4 is 11.3 Å². The molecule has 0 aromatic carbocycles. The molecule has 0 aromatic heterocycles. The SMILES string of the molecule is CCOC1(C(CCCC(C)C)NN)CCCCC1. The minimum absolute atomic E-state index is 0.00126. The molecule has 0 aliphatic heterocycles. The number of hydrogen-bond donors (Lipinski definition) is 2. The molecule has 1 saturated carbocycles. The molecular weight excluding hydrogens is 224 g/mol. The summed E-state index contributed by atoms with van der Waals surface area (Å²) in [6.45, 7) is 7.45. The summed E-state index contributed by atoms with van der Waals surface area (Å²) in [5.41, 5.74) is 3.04. The van der Waals surface area contributed by atoms with Crippen molar-refractivity contribution >= 4 is 0 Å². The topological polar surface area (TPSA) is 47.3 Å². The molecule has 1 atom stereocenters. The van der Waals surface area contributed by atoms with E-state index >= 15 is 0 Å². The zero-order valence-electron chi connectivity index (χ0n) is 12.5. The Morgan fingerprint density at radius 2 is 1.83 bits per heavy atom. The lowest BCUT2D eigenvalue weighted by molar-refractivity contribution is -0.0920. The second kappa shape index (κ2) is 8.13. The van der Waals surface area contributed by atoms with Gasteiger partial charge in [-0.1, -0.05) is 46.0 Å². The lowest BCUT2D eigenvalue weighted by atomic mass is 9.77. The summed E-state index contributed by atoms with van der Waals surface area (Å²) in [5, 5.41) is 0. The van der Waals surface area contributed by atoms with Crippen molar-refractivity contribution in [2.75, 3.05) is 6.61 Å². The molecule has 0 radical (unpaired) electrons. The van der Waals surface area contributed by atoms with Gasteiger partial charge in [0.2, 0.25) is 0 Å². The van der Waals surface area contributed by atoms with Crippen LogP contribution in [-0.2, 0) is 4.74 Å². The predicted octanol–water partition coefficient (Wildman–Crippen LogP) is 3.38. The monoisotopic (exact) mass is 256 g/mol. The summed E-state index contributed by atoms with van der Waals surface area (Å²) in [6.07, 6.45) is 9.88. The maximum atomic E-state index is 6.14. The van der Waals surface area contributed by atoms with E-state index in [9.17, 15) is 0 Å². The summed E-state index contributed by atoms with van der Waals surface area (Å²) in [7, 11) is 0. The van der Waals surface area contributed by atoms with E-state index < -0.39 is 0 Å². The molecule has 0 saturated heterocycles. The Morgan fingerprint density at radius 1 is 1.17 bits per heavy atom. The molecule has 1 fully saturated rings. The fourth-order valence-corrected chi connectivity index (χ4v) is 3.26. The summed E-state index contributed by atoms with van der Waals surface area (Å²) in [5.74, 6) is 6.58. The van der Waals surface area contributed by atoms with Gasteiger partial charge >= 0.3 is 0 Å². The minimum Gasteiger partial charge on any atom is -0.374 e. The van der Waals surface area contributed by atoms with Crippen LogP contribution in [0.4, 0.5) is 0 Å². The molecule has 0 spiro atoms. The van der Waals surface area contributed by atoms with E-state index in [0.717, 1.165) is 31.8 Å². The van der Waals surface area contributed by atoms with Gasteiger partial charge in [-0.3, -0.25) is 11.3 Å². The highest BCUT2D eigenvalue weighted by molar-refractivity contribution is 4.94. The van der Waals surface area contributed by atoms with E-state index in [-0.39, 0.29) is 5.60 Å². The fraction of sp³-hybridized carbons (Fsp3) is 1.00. The van der Waals surface area contributed by atoms with Crippen LogP contribution in [0.5, 0.6) is 0 Å². The zero-order chi connectivity index (χ0) is 13.4. The zero-order valence-corrected chi connectivity index (χ0v) is 12.5. The third kappa shape index (κ3) is 4.52. The van der Waals surface area contributed by atoms with Gasteiger partial charge in [0.05, 0.1) is 11.6 Å². The normalized spacial score (nSPS) is 21.2. The van der Waals surface area contributed by atoms with Crippen LogP contribution in [-0.4, -0.2) is 18.2 Å². The van der Waals surface area contributed by atoms with Gasteiger partial charge in [0.15, 0.2) is 0 Å². The fourth-order valence-electron chi connectivity index (χ4n) is 3.26. The molecule has 0 aromatic rings. The van der Waals surface area contributed by atoms with Crippen LogP contribution in [0.3, 0.4) is 0 Å². The van der Waals surface area contributed by atoms with Crippen molar-refractivity contribution in [3.63, 3.8) is 0 Å². The average molecular weight is 256 g/mol. The van der Waals surface area contributed by atoms with Crippen LogP contribution in [0.2, 0.25) is 0 Å². The number of hydrogen-bond acceptors (Lipinski definition) is 3. The Hall–Kier alpha value is -0.120. The van der Waals surface area contributed by atoms with E-state index in [1.54, 1.807) is 0 Å². The van der Waals surface area contributed by atoms with E-state index in [4.69, 9.17) is 10.6 Å². The van der Waals surface area contributed by atoms with Crippen LogP contribution >= 0.6 is 0 Å². The van der Waals surface area contributed by atoms with Gasteiger partial charge < -0.3 is 4.74 Å². The van der Waals surface area contributed by atoms with Crippen LogP contribution in [0.15, 0.2) is 0 Å². The van der Waals surface area contributed by atoms with Gasteiger partial charge in [0, 0.05) is 6.61 Å². The summed E-state index contributed by atoms with van der Waals surface area (Å²) >= 11 is 0. The highest BCUT2D eigenvalue weighted by Gasteiger charge is 2.39. The smallest absolute Gasteiger partial charge is 0.0848 e. The summed E-state index contributed by atoms with van der Waals surface area (Å²) < 4.78 is 6.14. The number of nitrogens with two attached hydrogens (primary N) is 1. The lowest BCUT2D eigenvalue weighted by Crippen LogP contribution is -2.55. The van der Waals surface area contributed by atoms with Gasteiger partial charge in [-0.05, 0) is 32.1 Å². The number of nitrogens with one attached hydrogen (secondary N) is 1. The van der Waals surface area contributed by atoms with Gasteiger partial charge in [-0.25, -0.2) is 0 Å². The molecule has 1 aliphatic rings. The molecule has 0 amide bonds. The number of ether oxygens (including phenoxy) is 1. The molecule has 1 rings (SSSR count). The number of rotatable bonds is 8. The van der Waals surface area contributed by atoms with Crippen molar-refractivity contribution in [2.45, 2.75) is 83.8 Å². The Kier molecular flexibility index (Phi) is 7.20. The second-order valence-corrected chi connectivity index (χ2v) is 6.10. The van der Waals surface area contributed by atoms with Gasteiger partial charge in [0.1, 0.15) is 0 Å². The second-order valence-electron chi connectivity index (χ2n) is 6.10. The highest BCUT2D eigenvalue weighted by Crippen LogP contribution is 2.36. The maximum Gasteiger partial charge on any atom is 0.0848 e. The standard InChI is InChI=1S/C15H32N2O/c1-4-18-15(11-6-5-7-12-15)14(17-16)10-8-9-13(2)3/h13-14,17H,4-12,16H2,1-3H3. The third-order valence-corrected chi connectivity index (χ3v) is 4.24. The van der Waals surface area contributed by atoms with Gasteiger partial charge in [0.25, 0.3) is 0 Å². The first kappa shape index (κ1) is 15.9. The first-order chi connectivity index (χ1) is 8.64. The third-order valence-electron chi connectivity index (χ3n) is 4.24. The predicted molar refractivity (Wildman–Crippen MR) is 77.2 cm³/mol. The molecule has 3 nitrogen and oxygen atoms in total. The van der Waals surface area contributed by atoms with Crippen molar-refractivity contribution in [2.24, 2.45) is 11.8 Å². The quantitative estimate of drug-likeness (QED) is 0.517. The van der Waals surface area contributed by atoms with Crippen LogP contribution in [0.1, 0.15) is 72.1 Å². The van der Waals surface area contributed by atoms with Crippen molar-refractivity contribution in [3.8, 4) is 0 Å². The molecule has 18 heavy (non-hydrogen) atoms. The van der Waals surface area contributed by atoms with Crippen LogP contribution in [0, 0.1) is 5.92 Å². The molecule has 3 heteroatoms. The van der Waals surface area contributed by atoms with Gasteiger partial charge in [-0.2, -0.15) is 0 Å². The molecule has 0 bridgehead atoms. The van der Waals surface area contributed by atoms with E-state index in [1.807, 2.05) is 0 Å². The van der Waals surface area contributed by atoms with Crippen molar-refractivity contribution in [1.82, 2.24) is 5.43 Å². The molecule has 3 N–H and O–H groups in total. The molecule has 1 unspecified atom stereocenters. The van der Waals surface area contributed by atoms with Crippen molar-refractivity contribution in [1.29, 1.82) is 0 Å². The highest BCUT2D eigenvalue weighted by atomic mass is 16.5. The summed E-state index contributed by atoms with van der Waals surface area (Å²) in [6, 6.07) is 0.316. The maximum absolute atomic E-state index is 6.14. The minimum atomic E-state index is -0.00126. The number of hydrazine groups is 1. The van der Waals surface area contributed by atoms with E-state index in [0.29, 0.717) is 6.04 Å². The first-order valence-corrected chi connectivity index (χ1v) is 7.74. The average Bonchev–Trinajstić information content (AvgIpc) is 2.35. The molecule has 108 valence electrons. The Bertz CT molecular complexity index is 207. The Labute approximate surface area is 113 Å². The first-order valence-electron chi connectivity index (χ1n) is 7.74. The Morgan fingerprint density at radius 3 is 2.33 bits per heavy atom. The van der Waals surface area contributed by atoms with E-state index in [2.05, 4.69) is 26.2 Å². The lowest BCUT2D eigenvalue weighted by Gasteiger charge is -2.43. The van der Waals surface area contributed by atoms with E-state index in [1.165, 1.54) is 32.1 Å².